The molecule has 0 aliphatic carbocycles. The van der Waals surface area contributed by atoms with Gasteiger partial charge in [-0.3, -0.25) is 0 Å². The highest BCUT2D eigenvalue weighted by atomic mass is 16.5. The molecule has 1 N–H and O–H groups in total. The van der Waals surface area contributed by atoms with Gasteiger partial charge in [0.2, 0.25) is 0 Å². The minimum Gasteiger partial charge on any atom is -0.375 e. The number of ether oxygens (including phenoxy) is 1. The van der Waals surface area contributed by atoms with Gasteiger partial charge in [-0.05, 0) is 61.4 Å². The van der Waals surface area contributed by atoms with Crippen LogP contribution in [0.15, 0.2) is 6.20 Å². The lowest BCUT2D eigenvalue weighted by atomic mass is 9.81. The van der Waals surface area contributed by atoms with Crippen LogP contribution in [0, 0.1) is 5.41 Å². The second-order valence-electron chi connectivity index (χ2n) is 9.92. The van der Waals surface area contributed by atoms with Crippen molar-refractivity contribution in [2.45, 2.75) is 91.3 Å². The van der Waals surface area contributed by atoms with Crippen LogP contribution >= 0.6 is 0 Å². The third-order valence-electron chi connectivity index (χ3n) is 4.87. The summed E-state index contributed by atoms with van der Waals surface area (Å²) in [4.78, 5) is 11.3. The summed E-state index contributed by atoms with van der Waals surface area (Å²) >= 11 is 0. The quantitative estimate of drug-likeness (QED) is 0.608. The van der Waals surface area contributed by atoms with E-state index in [1.165, 1.54) is 0 Å². The van der Waals surface area contributed by atoms with Crippen LogP contribution in [0.4, 0.5) is 0 Å². The van der Waals surface area contributed by atoms with Gasteiger partial charge in [0.25, 0.3) is 0 Å². The Morgan fingerprint density at radius 1 is 1.15 bits per heavy atom. The van der Waals surface area contributed by atoms with Gasteiger partial charge in [0.15, 0.2) is 0 Å². The van der Waals surface area contributed by atoms with E-state index in [1.807, 2.05) is 31.8 Å². The van der Waals surface area contributed by atoms with Gasteiger partial charge in [0.05, 0.1) is 16.8 Å². The molecule has 1 rings (SSSR count). The smallest absolute Gasteiger partial charge is 0.125 e. The van der Waals surface area contributed by atoms with E-state index < -0.39 is 5.41 Å². The van der Waals surface area contributed by atoms with Crippen molar-refractivity contribution < 1.29 is 9.53 Å². The summed E-state index contributed by atoms with van der Waals surface area (Å²) in [7, 11) is 1.97. The predicted molar refractivity (Wildman–Crippen MR) is 105 cm³/mol. The highest BCUT2D eigenvalue weighted by Gasteiger charge is 2.32. The Labute approximate surface area is 159 Å². The molecule has 1 aromatic heterocycles. The molecule has 6 heteroatoms. The first-order valence-corrected chi connectivity index (χ1v) is 9.43. The fourth-order valence-electron chi connectivity index (χ4n) is 3.11. The molecule has 0 radical (unpaired) electrons. The lowest BCUT2D eigenvalue weighted by Crippen LogP contribution is -2.39. The van der Waals surface area contributed by atoms with Gasteiger partial charge in [-0.25, -0.2) is 4.68 Å². The maximum absolute atomic E-state index is 11.3. The molecule has 0 unspecified atom stereocenters. The van der Waals surface area contributed by atoms with Gasteiger partial charge < -0.3 is 14.8 Å². The van der Waals surface area contributed by atoms with E-state index in [4.69, 9.17) is 4.74 Å². The maximum atomic E-state index is 11.3. The van der Waals surface area contributed by atoms with Crippen molar-refractivity contribution in [1.82, 2.24) is 20.3 Å². The summed E-state index contributed by atoms with van der Waals surface area (Å²) in [6.07, 6.45) is 5.32. The summed E-state index contributed by atoms with van der Waals surface area (Å²) in [5.74, 6) is 0. The van der Waals surface area contributed by atoms with Crippen LogP contribution in [0.25, 0.3) is 0 Å². The summed E-state index contributed by atoms with van der Waals surface area (Å²) in [5.41, 5.74) is -0.0129. The molecule has 0 saturated carbocycles. The normalized spacial score (nSPS) is 13.9. The largest absolute Gasteiger partial charge is 0.375 e. The third kappa shape index (κ3) is 7.16. The lowest BCUT2D eigenvalue weighted by Gasteiger charge is -2.31. The van der Waals surface area contributed by atoms with E-state index in [1.54, 1.807) is 0 Å². The SMILES string of the molecule is CNC(C)(C)CCOC(C)(C)Cc1cn(C(C)(C)CC(C)(C)C=O)nn1. The van der Waals surface area contributed by atoms with Gasteiger partial charge in [-0.15, -0.1) is 5.10 Å². The average molecular weight is 367 g/mol. The molecule has 0 atom stereocenters. The number of aldehydes is 1. The van der Waals surface area contributed by atoms with Crippen LogP contribution in [0.3, 0.4) is 0 Å². The zero-order chi connectivity index (χ0) is 20.2. The van der Waals surface area contributed by atoms with Crippen LogP contribution in [-0.2, 0) is 21.5 Å². The number of nitrogens with zero attached hydrogens (tertiary/aromatic N) is 3. The number of carbonyl (C=O) groups is 1. The highest BCUT2D eigenvalue weighted by Crippen LogP contribution is 2.31. The molecule has 0 amide bonds. The number of nitrogens with one attached hydrogen (secondary N) is 1. The number of aromatic nitrogens is 3. The van der Waals surface area contributed by atoms with E-state index in [0.29, 0.717) is 19.4 Å². The van der Waals surface area contributed by atoms with Crippen molar-refractivity contribution >= 4 is 6.29 Å². The second-order valence-corrected chi connectivity index (χ2v) is 9.92. The summed E-state index contributed by atoms with van der Waals surface area (Å²) < 4.78 is 7.97. The molecule has 0 aliphatic rings. The molecule has 0 aliphatic heterocycles. The molecule has 26 heavy (non-hydrogen) atoms. The molecule has 1 aromatic rings. The van der Waals surface area contributed by atoms with Gasteiger partial charge in [-0.1, -0.05) is 19.1 Å². The van der Waals surface area contributed by atoms with E-state index in [-0.39, 0.29) is 16.7 Å². The van der Waals surface area contributed by atoms with Crippen molar-refractivity contribution in [2.75, 3.05) is 13.7 Å². The van der Waals surface area contributed by atoms with Crippen molar-refractivity contribution in [1.29, 1.82) is 0 Å². The molecule has 1 heterocycles. The fourth-order valence-corrected chi connectivity index (χ4v) is 3.11. The summed E-state index contributed by atoms with van der Waals surface area (Å²) in [6.45, 7) is 17.2. The molecule has 0 bridgehead atoms. The number of carbonyl (C=O) groups excluding carboxylic acids is 1. The van der Waals surface area contributed by atoms with Crippen molar-refractivity contribution in [2.24, 2.45) is 5.41 Å². The Bertz CT molecular complexity index is 588. The van der Waals surface area contributed by atoms with Gasteiger partial charge in [0, 0.05) is 30.2 Å². The zero-order valence-electron chi connectivity index (χ0n) is 18.1. The minimum absolute atomic E-state index is 0.0641. The van der Waals surface area contributed by atoms with Crippen LogP contribution in [0.2, 0.25) is 0 Å². The van der Waals surface area contributed by atoms with Gasteiger partial charge in [-0.2, -0.15) is 0 Å². The zero-order valence-corrected chi connectivity index (χ0v) is 18.1. The van der Waals surface area contributed by atoms with Crippen molar-refractivity contribution in [3.8, 4) is 0 Å². The first-order valence-electron chi connectivity index (χ1n) is 9.43. The van der Waals surface area contributed by atoms with Crippen LogP contribution in [-0.4, -0.2) is 46.1 Å². The average Bonchev–Trinajstić information content (AvgIpc) is 2.94. The first-order chi connectivity index (χ1) is 11.7. The van der Waals surface area contributed by atoms with E-state index in [2.05, 4.69) is 57.2 Å². The predicted octanol–water partition coefficient (Wildman–Crippen LogP) is 3.35. The monoisotopic (exact) mass is 366 g/mol. The van der Waals surface area contributed by atoms with Gasteiger partial charge >= 0.3 is 0 Å². The van der Waals surface area contributed by atoms with E-state index in [0.717, 1.165) is 18.4 Å². The third-order valence-corrected chi connectivity index (χ3v) is 4.87. The first kappa shape index (κ1) is 22.8. The Balaban J connectivity index is 2.70. The summed E-state index contributed by atoms with van der Waals surface area (Å²) in [6, 6.07) is 0. The molecular formula is C20H38N4O2. The Kier molecular flexibility index (Phi) is 7.16. The maximum Gasteiger partial charge on any atom is 0.125 e. The number of hydrogen-bond acceptors (Lipinski definition) is 5. The Hall–Kier alpha value is -1.27. The molecule has 0 saturated heterocycles. The summed E-state index contributed by atoms with van der Waals surface area (Å²) in [5, 5.41) is 11.9. The molecular weight excluding hydrogens is 328 g/mol. The van der Waals surface area contributed by atoms with E-state index in [9.17, 15) is 4.79 Å². The minimum atomic E-state index is -0.391. The number of hydrogen-bond donors (Lipinski definition) is 1. The fraction of sp³-hybridized carbons (Fsp3) is 0.850. The molecule has 6 nitrogen and oxygen atoms in total. The highest BCUT2D eigenvalue weighted by molar-refractivity contribution is 5.58. The lowest BCUT2D eigenvalue weighted by molar-refractivity contribution is -0.116. The Morgan fingerprint density at radius 2 is 1.77 bits per heavy atom. The topological polar surface area (TPSA) is 69.0 Å². The van der Waals surface area contributed by atoms with Gasteiger partial charge in [0.1, 0.15) is 6.29 Å². The van der Waals surface area contributed by atoms with Crippen molar-refractivity contribution in [3.63, 3.8) is 0 Å². The van der Waals surface area contributed by atoms with Crippen LogP contribution in [0.5, 0.6) is 0 Å². The van der Waals surface area contributed by atoms with Crippen LogP contribution < -0.4 is 5.32 Å². The van der Waals surface area contributed by atoms with E-state index >= 15 is 0 Å². The van der Waals surface area contributed by atoms with Crippen LogP contribution in [0.1, 0.15) is 73.9 Å². The molecule has 0 fully saturated rings. The number of rotatable bonds is 11. The Morgan fingerprint density at radius 3 is 2.31 bits per heavy atom. The van der Waals surface area contributed by atoms with Crippen molar-refractivity contribution in [3.05, 3.63) is 11.9 Å². The molecule has 150 valence electrons. The molecule has 0 spiro atoms. The second kappa shape index (κ2) is 8.17. The standard InChI is InChI=1S/C20H38N4O2/c1-17(2,15-25)14-19(5,6)24-13-16(22-23-24)12-20(7,8)26-11-10-18(3,4)21-9/h13,15,21H,10-12,14H2,1-9H3. The molecule has 0 aromatic carbocycles.